The lowest BCUT2D eigenvalue weighted by atomic mass is 10.1. The standard InChI is InChI=1S/C18H14FIN2O/c1-2-8-22(12-14-5-3-4-13(9-14)11-21)18(23)15-6-7-17(20)16(19)10-15/h2-7,9-10H,1,8,12H2. The van der Waals surface area contributed by atoms with Gasteiger partial charge in [0.05, 0.1) is 11.6 Å². The second-order valence-corrected chi connectivity index (χ2v) is 6.08. The molecule has 0 saturated carbocycles. The van der Waals surface area contributed by atoms with Crippen LogP contribution in [0.25, 0.3) is 0 Å². The number of carbonyl (C=O) groups is 1. The average Bonchev–Trinajstić information content (AvgIpc) is 2.56. The number of hydrogen-bond acceptors (Lipinski definition) is 2. The largest absolute Gasteiger partial charge is 0.331 e. The molecule has 0 aliphatic heterocycles. The van der Waals surface area contributed by atoms with Gasteiger partial charge in [0.15, 0.2) is 0 Å². The summed E-state index contributed by atoms with van der Waals surface area (Å²) in [6.45, 7) is 4.33. The minimum absolute atomic E-state index is 0.275. The van der Waals surface area contributed by atoms with Gasteiger partial charge in [-0.05, 0) is 58.5 Å². The monoisotopic (exact) mass is 420 g/mol. The molecule has 0 spiro atoms. The fraction of sp³-hybridized carbons (Fsp3) is 0.111. The Morgan fingerprint density at radius 2 is 2.13 bits per heavy atom. The third-order valence-corrected chi connectivity index (χ3v) is 4.11. The summed E-state index contributed by atoms with van der Waals surface area (Å²) in [5.74, 6) is -0.691. The number of halogens is 2. The zero-order valence-electron chi connectivity index (χ0n) is 12.3. The molecule has 0 aliphatic rings. The van der Waals surface area contributed by atoms with E-state index in [4.69, 9.17) is 5.26 Å². The van der Waals surface area contributed by atoms with E-state index in [1.807, 2.05) is 28.7 Å². The highest BCUT2D eigenvalue weighted by Gasteiger charge is 2.16. The number of carbonyl (C=O) groups excluding carboxylic acids is 1. The molecular weight excluding hydrogens is 406 g/mol. The molecular formula is C18H14FIN2O. The fourth-order valence-electron chi connectivity index (χ4n) is 2.15. The van der Waals surface area contributed by atoms with Crippen LogP contribution in [0.1, 0.15) is 21.5 Å². The molecule has 1 amide bonds. The van der Waals surface area contributed by atoms with Crippen molar-refractivity contribution in [3.63, 3.8) is 0 Å². The van der Waals surface area contributed by atoms with Gasteiger partial charge in [-0.2, -0.15) is 5.26 Å². The van der Waals surface area contributed by atoms with Gasteiger partial charge in [0.2, 0.25) is 0 Å². The Morgan fingerprint density at radius 3 is 2.78 bits per heavy atom. The molecule has 0 aliphatic carbocycles. The average molecular weight is 420 g/mol. The molecule has 2 rings (SSSR count). The van der Waals surface area contributed by atoms with Crippen LogP contribution < -0.4 is 0 Å². The third-order valence-electron chi connectivity index (χ3n) is 3.23. The molecule has 0 N–H and O–H groups in total. The van der Waals surface area contributed by atoms with E-state index in [1.54, 1.807) is 41.3 Å². The first-order valence-electron chi connectivity index (χ1n) is 6.89. The quantitative estimate of drug-likeness (QED) is 0.540. The Morgan fingerprint density at radius 1 is 1.35 bits per heavy atom. The molecule has 0 saturated heterocycles. The van der Waals surface area contributed by atoms with Crippen molar-refractivity contribution >= 4 is 28.5 Å². The predicted molar refractivity (Wildman–Crippen MR) is 95.2 cm³/mol. The Bertz CT molecular complexity index is 783. The molecule has 23 heavy (non-hydrogen) atoms. The Labute approximate surface area is 148 Å². The molecule has 2 aromatic carbocycles. The Balaban J connectivity index is 2.26. The van der Waals surface area contributed by atoms with Crippen LogP contribution in [0.4, 0.5) is 4.39 Å². The van der Waals surface area contributed by atoms with Crippen molar-refractivity contribution in [3.05, 3.63) is 81.2 Å². The molecule has 0 bridgehead atoms. The smallest absolute Gasteiger partial charge is 0.254 e. The van der Waals surface area contributed by atoms with E-state index in [9.17, 15) is 9.18 Å². The highest BCUT2D eigenvalue weighted by molar-refractivity contribution is 14.1. The van der Waals surface area contributed by atoms with Crippen LogP contribution in [0.15, 0.2) is 55.1 Å². The molecule has 0 heterocycles. The van der Waals surface area contributed by atoms with Gasteiger partial charge in [-0.1, -0.05) is 18.2 Å². The van der Waals surface area contributed by atoms with E-state index >= 15 is 0 Å². The summed E-state index contributed by atoms with van der Waals surface area (Å²) < 4.78 is 14.1. The molecule has 116 valence electrons. The maximum atomic E-state index is 13.7. The molecule has 2 aromatic rings. The van der Waals surface area contributed by atoms with Crippen molar-refractivity contribution in [1.82, 2.24) is 4.90 Å². The maximum absolute atomic E-state index is 13.7. The lowest BCUT2D eigenvalue weighted by Crippen LogP contribution is -2.30. The van der Waals surface area contributed by atoms with Gasteiger partial charge in [-0.15, -0.1) is 6.58 Å². The first kappa shape index (κ1) is 17.2. The van der Waals surface area contributed by atoms with Crippen molar-refractivity contribution < 1.29 is 9.18 Å². The van der Waals surface area contributed by atoms with Gasteiger partial charge in [0.25, 0.3) is 5.91 Å². The van der Waals surface area contributed by atoms with Gasteiger partial charge in [-0.25, -0.2) is 4.39 Å². The summed E-state index contributed by atoms with van der Waals surface area (Å²) in [6.07, 6.45) is 1.62. The van der Waals surface area contributed by atoms with Crippen molar-refractivity contribution in [3.8, 4) is 6.07 Å². The van der Waals surface area contributed by atoms with E-state index in [0.717, 1.165) is 5.56 Å². The van der Waals surface area contributed by atoms with Crippen LogP contribution in [-0.2, 0) is 6.54 Å². The minimum atomic E-state index is -0.415. The maximum Gasteiger partial charge on any atom is 0.254 e. The molecule has 3 nitrogen and oxygen atoms in total. The molecule has 5 heteroatoms. The second kappa shape index (κ2) is 7.88. The summed E-state index contributed by atoms with van der Waals surface area (Å²) >= 11 is 1.88. The number of amides is 1. The highest BCUT2D eigenvalue weighted by atomic mass is 127. The zero-order valence-corrected chi connectivity index (χ0v) is 14.5. The van der Waals surface area contributed by atoms with Crippen molar-refractivity contribution in [2.24, 2.45) is 0 Å². The number of rotatable bonds is 5. The van der Waals surface area contributed by atoms with E-state index in [0.29, 0.717) is 27.8 Å². The van der Waals surface area contributed by atoms with Crippen molar-refractivity contribution in [2.75, 3.05) is 6.54 Å². The first-order valence-corrected chi connectivity index (χ1v) is 7.97. The van der Waals surface area contributed by atoms with Crippen LogP contribution in [-0.4, -0.2) is 17.4 Å². The number of benzene rings is 2. The van der Waals surface area contributed by atoms with Gasteiger partial charge in [0.1, 0.15) is 5.82 Å². The van der Waals surface area contributed by atoms with Gasteiger partial charge >= 0.3 is 0 Å². The predicted octanol–water partition coefficient (Wildman–Crippen LogP) is 4.13. The van der Waals surface area contributed by atoms with Crippen LogP contribution >= 0.6 is 22.6 Å². The highest BCUT2D eigenvalue weighted by Crippen LogP contribution is 2.16. The minimum Gasteiger partial charge on any atom is -0.331 e. The fourth-order valence-corrected chi connectivity index (χ4v) is 2.48. The van der Waals surface area contributed by atoms with Gasteiger partial charge in [0, 0.05) is 22.2 Å². The third kappa shape index (κ3) is 4.39. The zero-order chi connectivity index (χ0) is 16.8. The SMILES string of the molecule is C=CCN(Cc1cccc(C#N)c1)C(=O)c1ccc(I)c(F)c1. The van der Waals surface area contributed by atoms with Crippen LogP contribution in [0.5, 0.6) is 0 Å². The number of nitriles is 1. The molecule has 0 aromatic heterocycles. The van der Waals surface area contributed by atoms with Crippen LogP contribution in [0.3, 0.4) is 0 Å². The molecule has 0 unspecified atom stereocenters. The van der Waals surface area contributed by atoms with Crippen LogP contribution in [0.2, 0.25) is 0 Å². The first-order chi connectivity index (χ1) is 11.0. The summed E-state index contributed by atoms with van der Waals surface area (Å²) in [5, 5.41) is 8.95. The lowest BCUT2D eigenvalue weighted by molar-refractivity contribution is 0.0762. The van der Waals surface area contributed by atoms with Crippen LogP contribution in [0, 0.1) is 20.7 Å². The summed E-state index contributed by atoms with van der Waals surface area (Å²) in [4.78, 5) is 14.2. The summed E-state index contributed by atoms with van der Waals surface area (Å²) in [6, 6.07) is 13.6. The summed E-state index contributed by atoms with van der Waals surface area (Å²) in [7, 11) is 0. The number of nitrogens with zero attached hydrogens (tertiary/aromatic N) is 2. The van der Waals surface area contributed by atoms with Crippen molar-refractivity contribution in [1.29, 1.82) is 5.26 Å². The Kier molecular flexibility index (Phi) is 5.88. The van der Waals surface area contributed by atoms with E-state index in [1.165, 1.54) is 6.07 Å². The second-order valence-electron chi connectivity index (χ2n) is 4.92. The lowest BCUT2D eigenvalue weighted by Gasteiger charge is -2.21. The Hall–Kier alpha value is -2.20. The van der Waals surface area contributed by atoms with Crippen molar-refractivity contribution in [2.45, 2.75) is 6.54 Å². The molecule has 0 fully saturated rings. The van der Waals surface area contributed by atoms with E-state index in [-0.39, 0.29) is 5.91 Å². The normalized spacial score (nSPS) is 9.96. The molecule has 0 radical (unpaired) electrons. The number of hydrogen-bond donors (Lipinski definition) is 0. The topological polar surface area (TPSA) is 44.1 Å². The van der Waals surface area contributed by atoms with Gasteiger partial charge in [-0.3, -0.25) is 4.79 Å². The molecule has 0 atom stereocenters. The summed E-state index contributed by atoms with van der Waals surface area (Å²) in [5.41, 5.74) is 1.67. The van der Waals surface area contributed by atoms with Gasteiger partial charge < -0.3 is 4.90 Å². The van der Waals surface area contributed by atoms with E-state index < -0.39 is 5.82 Å². The van der Waals surface area contributed by atoms with E-state index in [2.05, 4.69) is 12.6 Å².